The van der Waals surface area contributed by atoms with Crippen molar-refractivity contribution in [3.63, 3.8) is 0 Å². The number of hydrogen-bond acceptors (Lipinski definition) is 5. The zero-order chi connectivity index (χ0) is 19.8. The third-order valence-electron chi connectivity index (χ3n) is 5.32. The van der Waals surface area contributed by atoms with E-state index in [-0.39, 0.29) is 29.9 Å². The molecule has 1 aromatic rings. The maximum absolute atomic E-state index is 12.6. The SMILES string of the molecule is CCNC(=NCC(C)N1CCOCC1)NCCC(=O)N1CCc2sccc2C1.I. The summed E-state index contributed by atoms with van der Waals surface area (Å²) in [6.07, 6.45) is 1.47. The normalized spacial score (nSPS) is 18.6. The summed E-state index contributed by atoms with van der Waals surface area (Å²) in [4.78, 5) is 23.1. The van der Waals surface area contributed by atoms with Crippen molar-refractivity contribution in [3.05, 3.63) is 21.9 Å². The molecule has 0 spiro atoms. The van der Waals surface area contributed by atoms with Crippen LogP contribution in [0.2, 0.25) is 0 Å². The first-order valence-corrected chi connectivity index (χ1v) is 11.2. The van der Waals surface area contributed by atoms with E-state index in [2.05, 4.69) is 40.8 Å². The molecule has 1 amide bonds. The van der Waals surface area contributed by atoms with Gasteiger partial charge >= 0.3 is 0 Å². The summed E-state index contributed by atoms with van der Waals surface area (Å²) in [5.74, 6) is 0.996. The van der Waals surface area contributed by atoms with E-state index in [9.17, 15) is 4.79 Å². The second-order valence-corrected chi connectivity index (χ2v) is 8.33. The van der Waals surface area contributed by atoms with Crippen molar-refractivity contribution in [1.29, 1.82) is 0 Å². The lowest BCUT2D eigenvalue weighted by atomic mass is 10.1. The molecule has 164 valence electrons. The molecular weight excluding hydrogens is 501 g/mol. The second-order valence-electron chi connectivity index (χ2n) is 7.33. The monoisotopic (exact) mass is 535 g/mol. The highest BCUT2D eigenvalue weighted by Crippen LogP contribution is 2.24. The summed E-state index contributed by atoms with van der Waals surface area (Å²) in [5, 5.41) is 8.71. The van der Waals surface area contributed by atoms with Gasteiger partial charge in [-0.15, -0.1) is 35.3 Å². The average Bonchev–Trinajstić information content (AvgIpc) is 3.20. The molecule has 0 bridgehead atoms. The van der Waals surface area contributed by atoms with Gasteiger partial charge in [0.2, 0.25) is 5.91 Å². The van der Waals surface area contributed by atoms with Crippen LogP contribution >= 0.6 is 35.3 Å². The van der Waals surface area contributed by atoms with Crippen molar-refractivity contribution in [2.45, 2.75) is 39.3 Å². The van der Waals surface area contributed by atoms with Crippen molar-refractivity contribution in [3.8, 4) is 0 Å². The maximum Gasteiger partial charge on any atom is 0.224 e. The number of nitrogens with one attached hydrogen (secondary N) is 2. The number of fused-ring (bicyclic) bond motifs is 1. The summed E-state index contributed by atoms with van der Waals surface area (Å²) in [6, 6.07) is 2.53. The molecular formula is C20H34IN5O2S. The smallest absolute Gasteiger partial charge is 0.224 e. The molecule has 29 heavy (non-hydrogen) atoms. The van der Waals surface area contributed by atoms with Crippen LogP contribution in [0.5, 0.6) is 0 Å². The summed E-state index contributed by atoms with van der Waals surface area (Å²) in [7, 11) is 0. The van der Waals surface area contributed by atoms with E-state index in [1.54, 1.807) is 11.3 Å². The van der Waals surface area contributed by atoms with Gasteiger partial charge < -0.3 is 20.3 Å². The number of nitrogens with zero attached hydrogens (tertiary/aromatic N) is 3. The number of thiophene rings is 1. The predicted octanol–water partition coefficient (Wildman–Crippen LogP) is 1.92. The van der Waals surface area contributed by atoms with Gasteiger partial charge in [-0.2, -0.15) is 0 Å². The van der Waals surface area contributed by atoms with Crippen LogP contribution in [0.1, 0.15) is 30.7 Å². The van der Waals surface area contributed by atoms with Crippen LogP contribution in [-0.2, 0) is 22.5 Å². The van der Waals surface area contributed by atoms with Crippen LogP contribution < -0.4 is 10.6 Å². The molecule has 1 fully saturated rings. The lowest BCUT2D eigenvalue weighted by Crippen LogP contribution is -2.45. The standard InChI is InChI=1S/C20H33N5O2S.HI/c1-3-21-20(23-14-16(2)24-9-11-27-12-10-24)22-7-4-19(26)25-8-5-18-17(15-25)6-13-28-18;/h6,13,16H,3-5,7-12,14-15H2,1-2H3,(H2,21,22,23);1H. The van der Waals surface area contributed by atoms with Gasteiger partial charge in [0.25, 0.3) is 0 Å². The zero-order valence-electron chi connectivity index (χ0n) is 17.5. The minimum absolute atomic E-state index is 0. The first kappa shape index (κ1) is 24.4. The Morgan fingerprint density at radius 3 is 2.86 bits per heavy atom. The van der Waals surface area contributed by atoms with Gasteiger partial charge in [-0.3, -0.25) is 14.7 Å². The lowest BCUT2D eigenvalue weighted by molar-refractivity contribution is -0.131. The Morgan fingerprint density at radius 1 is 1.31 bits per heavy atom. The van der Waals surface area contributed by atoms with Crippen LogP contribution in [0, 0.1) is 0 Å². The Balaban J connectivity index is 0.00000300. The zero-order valence-corrected chi connectivity index (χ0v) is 20.6. The van der Waals surface area contributed by atoms with E-state index >= 15 is 0 Å². The quantitative estimate of drug-likeness (QED) is 0.317. The number of guanidine groups is 1. The first-order chi connectivity index (χ1) is 13.7. The van der Waals surface area contributed by atoms with Gasteiger partial charge in [0.15, 0.2) is 5.96 Å². The van der Waals surface area contributed by atoms with Crippen molar-refractivity contribution in [2.75, 3.05) is 52.5 Å². The summed E-state index contributed by atoms with van der Waals surface area (Å²) in [6.45, 7) is 11.5. The number of halogens is 1. The molecule has 3 heterocycles. The van der Waals surface area contributed by atoms with Crippen molar-refractivity contribution in [2.24, 2.45) is 4.99 Å². The van der Waals surface area contributed by atoms with E-state index in [0.717, 1.165) is 64.9 Å². The molecule has 1 aromatic heterocycles. The minimum Gasteiger partial charge on any atom is -0.379 e. The topological polar surface area (TPSA) is 69.2 Å². The lowest BCUT2D eigenvalue weighted by Gasteiger charge is -2.31. The Bertz CT molecular complexity index is 663. The fourth-order valence-electron chi connectivity index (χ4n) is 3.61. The van der Waals surface area contributed by atoms with Gasteiger partial charge in [-0.05, 0) is 37.3 Å². The molecule has 1 atom stereocenters. The number of morpholine rings is 1. The van der Waals surface area contributed by atoms with Crippen LogP contribution in [0.25, 0.3) is 0 Å². The molecule has 1 unspecified atom stereocenters. The van der Waals surface area contributed by atoms with E-state index in [1.165, 1.54) is 10.4 Å². The van der Waals surface area contributed by atoms with E-state index in [0.29, 0.717) is 19.0 Å². The second kappa shape index (κ2) is 12.7. The van der Waals surface area contributed by atoms with E-state index in [4.69, 9.17) is 9.73 Å². The summed E-state index contributed by atoms with van der Waals surface area (Å²) in [5.41, 5.74) is 1.31. The van der Waals surface area contributed by atoms with Crippen LogP contribution in [-0.4, -0.2) is 80.2 Å². The number of rotatable bonds is 7. The summed E-state index contributed by atoms with van der Waals surface area (Å²) < 4.78 is 5.42. The minimum atomic E-state index is 0. The molecule has 2 N–H and O–H groups in total. The van der Waals surface area contributed by atoms with E-state index < -0.39 is 0 Å². The van der Waals surface area contributed by atoms with Crippen LogP contribution in [0.15, 0.2) is 16.4 Å². The molecule has 1 saturated heterocycles. The molecule has 0 aliphatic carbocycles. The molecule has 7 nitrogen and oxygen atoms in total. The van der Waals surface area contributed by atoms with E-state index in [1.807, 2.05) is 4.90 Å². The number of ether oxygens (including phenoxy) is 1. The van der Waals surface area contributed by atoms with Gasteiger partial charge in [0, 0.05) is 56.6 Å². The van der Waals surface area contributed by atoms with Crippen LogP contribution in [0.4, 0.5) is 0 Å². The third-order valence-corrected chi connectivity index (χ3v) is 6.34. The molecule has 9 heteroatoms. The largest absolute Gasteiger partial charge is 0.379 e. The Kier molecular flexibility index (Phi) is 10.7. The van der Waals surface area contributed by atoms with Gasteiger partial charge in [-0.1, -0.05) is 0 Å². The van der Waals surface area contributed by atoms with Gasteiger partial charge in [0.1, 0.15) is 0 Å². The fourth-order valence-corrected chi connectivity index (χ4v) is 4.50. The van der Waals surface area contributed by atoms with Crippen molar-refractivity contribution in [1.82, 2.24) is 20.4 Å². The number of amides is 1. The predicted molar refractivity (Wildman–Crippen MR) is 129 cm³/mol. The van der Waals surface area contributed by atoms with Gasteiger partial charge in [0.05, 0.1) is 19.8 Å². The summed E-state index contributed by atoms with van der Waals surface area (Å²) >= 11 is 1.80. The molecule has 0 saturated carbocycles. The highest BCUT2D eigenvalue weighted by Gasteiger charge is 2.21. The average molecular weight is 535 g/mol. The number of carbonyl (C=O) groups excluding carboxylic acids is 1. The molecule has 0 aromatic carbocycles. The maximum atomic E-state index is 12.6. The number of aliphatic imine (C=N–C) groups is 1. The highest BCUT2D eigenvalue weighted by atomic mass is 127. The highest BCUT2D eigenvalue weighted by molar-refractivity contribution is 14.0. The molecule has 0 radical (unpaired) electrons. The molecule has 3 rings (SSSR count). The Labute approximate surface area is 195 Å². The van der Waals surface area contributed by atoms with Crippen molar-refractivity contribution < 1.29 is 9.53 Å². The fraction of sp³-hybridized carbons (Fsp3) is 0.700. The van der Waals surface area contributed by atoms with Gasteiger partial charge in [-0.25, -0.2) is 0 Å². The molecule has 2 aliphatic heterocycles. The number of carbonyl (C=O) groups is 1. The van der Waals surface area contributed by atoms with Crippen molar-refractivity contribution >= 4 is 47.2 Å². The Hall–Kier alpha value is -0.910. The van der Waals surface area contributed by atoms with Crippen LogP contribution in [0.3, 0.4) is 0 Å². The molecule has 2 aliphatic rings. The third kappa shape index (κ3) is 7.37. The first-order valence-electron chi connectivity index (χ1n) is 10.3. The Morgan fingerprint density at radius 2 is 2.10 bits per heavy atom. The number of hydrogen-bond donors (Lipinski definition) is 2.